The number of fused-ring (bicyclic) bond motifs is 3. The van der Waals surface area contributed by atoms with E-state index >= 15 is 0 Å². The first kappa shape index (κ1) is 24.6. The molecule has 0 aromatic heterocycles. The molecule has 0 radical (unpaired) electrons. The largest absolute Gasteiger partial charge is 0.383 e. The van der Waals surface area contributed by atoms with E-state index in [1.165, 1.54) is 5.56 Å². The highest BCUT2D eigenvalue weighted by Crippen LogP contribution is 2.47. The van der Waals surface area contributed by atoms with Crippen LogP contribution in [0.1, 0.15) is 54.1 Å². The van der Waals surface area contributed by atoms with Crippen molar-refractivity contribution in [2.24, 2.45) is 11.8 Å². The van der Waals surface area contributed by atoms with E-state index in [1.54, 1.807) is 7.11 Å². The molecule has 0 bridgehead atoms. The van der Waals surface area contributed by atoms with Crippen molar-refractivity contribution in [1.29, 1.82) is 0 Å². The summed E-state index contributed by atoms with van der Waals surface area (Å²) in [6, 6.07) is 16.0. The Morgan fingerprint density at radius 2 is 1.81 bits per heavy atom. The zero-order valence-electron chi connectivity index (χ0n) is 21.6. The number of anilines is 2. The second-order valence-electron chi connectivity index (χ2n) is 10.6. The molecule has 5 atom stereocenters. The van der Waals surface area contributed by atoms with Crippen LogP contribution in [-0.4, -0.2) is 63.2 Å². The summed E-state index contributed by atoms with van der Waals surface area (Å²) in [7, 11) is 5.62. The summed E-state index contributed by atoms with van der Waals surface area (Å²) in [4.78, 5) is 31.6. The van der Waals surface area contributed by atoms with Crippen molar-refractivity contribution in [3.63, 3.8) is 0 Å². The lowest BCUT2D eigenvalue weighted by atomic mass is 9.81. The van der Waals surface area contributed by atoms with Crippen molar-refractivity contribution in [2.75, 3.05) is 44.6 Å². The number of benzene rings is 2. The molecule has 1 saturated heterocycles. The maximum atomic E-state index is 14.1. The van der Waals surface area contributed by atoms with Crippen molar-refractivity contribution >= 4 is 23.2 Å². The molecule has 2 N–H and O–H groups in total. The number of methoxy groups -OCH3 is 1. The normalized spacial score (nSPS) is 27.0. The lowest BCUT2D eigenvalue weighted by Gasteiger charge is -2.41. The fraction of sp³-hybridized carbons (Fsp3) is 0.517. The van der Waals surface area contributed by atoms with Gasteiger partial charge in [0.05, 0.1) is 30.2 Å². The Morgan fingerprint density at radius 1 is 1.06 bits per heavy atom. The molecule has 1 aliphatic carbocycles. The molecular formula is C29H38N4O3. The van der Waals surface area contributed by atoms with Crippen LogP contribution in [0.4, 0.5) is 11.4 Å². The number of likely N-dealkylation sites (tertiary alicyclic amines) is 1. The van der Waals surface area contributed by atoms with Crippen LogP contribution in [0.3, 0.4) is 0 Å². The van der Waals surface area contributed by atoms with Crippen LogP contribution in [0.25, 0.3) is 0 Å². The van der Waals surface area contributed by atoms with Crippen molar-refractivity contribution in [3.05, 3.63) is 59.7 Å². The number of carbonyl (C=O) groups is 2. The Kier molecular flexibility index (Phi) is 7.19. The number of nitrogens with zero attached hydrogens (tertiary/aromatic N) is 2. The molecule has 2 aromatic carbocycles. The zero-order valence-corrected chi connectivity index (χ0v) is 21.6. The van der Waals surface area contributed by atoms with Gasteiger partial charge in [-0.1, -0.05) is 43.2 Å². The molecule has 36 heavy (non-hydrogen) atoms. The molecule has 0 spiro atoms. The van der Waals surface area contributed by atoms with Gasteiger partial charge >= 0.3 is 0 Å². The highest BCUT2D eigenvalue weighted by Gasteiger charge is 2.48. The molecule has 7 nitrogen and oxygen atoms in total. The van der Waals surface area contributed by atoms with Gasteiger partial charge in [0.15, 0.2) is 0 Å². The summed E-state index contributed by atoms with van der Waals surface area (Å²) in [6.45, 7) is 1.36. The fourth-order valence-corrected chi connectivity index (χ4v) is 6.54. The van der Waals surface area contributed by atoms with Gasteiger partial charge in [-0.15, -0.1) is 0 Å². The summed E-state index contributed by atoms with van der Waals surface area (Å²) in [5.41, 5.74) is 3.81. The molecule has 2 heterocycles. The maximum absolute atomic E-state index is 14.1. The van der Waals surface area contributed by atoms with Crippen molar-refractivity contribution in [1.82, 2.24) is 10.2 Å². The van der Waals surface area contributed by atoms with Gasteiger partial charge in [0, 0.05) is 51.1 Å². The Morgan fingerprint density at radius 3 is 2.61 bits per heavy atom. The third kappa shape index (κ3) is 4.57. The highest BCUT2D eigenvalue weighted by molar-refractivity contribution is 6.00. The SMILES string of the molecule is COC[C@@H]1Nc2ccccc2[C@H]2[C@@H]1CCN2C(=O)[C@H]1CCCC[C@H]1NC(=O)c1ccccc1N(C)C. The molecule has 2 aliphatic heterocycles. The minimum absolute atomic E-state index is 0.0443. The van der Waals surface area contributed by atoms with Crippen LogP contribution >= 0.6 is 0 Å². The first-order valence-electron chi connectivity index (χ1n) is 13.2. The fourth-order valence-electron chi connectivity index (χ4n) is 6.54. The maximum Gasteiger partial charge on any atom is 0.253 e. The molecule has 1 saturated carbocycles. The summed E-state index contributed by atoms with van der Waals surface area (Å²) < 4.78 is 5.53. The van der Waals surface area contributed by atoms with Crippen molar-refractivity contribution in [2.45, 2.75) is 50.2 Å². The summed E-state index contributed by atoms with van der Waals surface area (Å²) >= 11 is 0. The molecule has 5 rings (SSSR count). The first-order valence-corrected chi connectivity index (χ1v) is 13.2. The van der Waals surface area contributed by atoms with Gasteiger partial charge in [-0.3, -0.25) is 9.59 Å². The lowest BCUT2D eigenvalue weighted by Crippen LogP contribution is -2.50. The molecule has 3 aliphatic rings. The number of hydrogen-bond acceptors (Lipinski definition) is 5. The smallest absolute Gasteiger partial charge is 0.253 e. The van der Waals surface area contributed by atoms with E-state index in [0.717, 1.165) is 50.0 Å². The second kappa shape index (κ2) is 10.5. The van der Waals surface area contributed by atoms with E-state index in [2.05, 4.69) is 33.7 Å². The monoisotopic (exact) mass is 490 g/mol. The molecule has 0 unspecified atom stereocenters. The zero-order chi connectivity index (χ0) is 25.2. The molecule has 2 fully saturated rings. The Balaban J connectivity index is 1.38. The van der Waals surface area contributed by atoms with Crippen LogP contribution in [0, 0.1) is 11.8 Å². The van der Waals surface area contributed by atoms with E-state index in [1.807, 2.05) is 49.3 Å². The average Bonchev–Trinajstić information content (AvgIpc) is 3.35. The summed E-state index contributed by atoms with van der Waals surface area (Å²) in [5, 5.41) is 6.91. The average molecular weight is 491 g/mol. The van der Waals surface area contributed by atoms with Gasteiger partial charge in [0.1, 0.15) is 0 Å². The Labute approximate surface area is 214 Å². The van der Waals surface area contributed by atoms with Gasteiger partial charge < -0.3 is 25.2 Å². The number of carbonyl (C=O) groups excluding carboxylic acids is 2. The number of nitrogens with one attached hydrogen (secondary N) is 2. The van der Waals surface area contributed by atoms with Gasteiger partial charge in [-0.25, -0.2) is 0 Å². The van der Waals surface area contributed by atoms with Crippen molar-refractivity contribution < 1.29 is 14.3 Å². The first-order chi connectivity index (χ1) is 17.5. The van der Waals surface area contributed by atoms with Crippen LogP contribution in [0.15, 0.2) is 48.5 Å². The van der Waals surface area contributed by atoms with Crippen LogP contribution in [-0.2, 0) is 9.53 Å². The van der Waals surface area contributed by atoms with Crippen molar-refractivity contribution in [3.8, 4) is 0 Å². The lowest BCUT2D eigenvalue weighted by molar-refractivity contribution is -0.139. The number of para-hydroxylation sites is 2. The molecule has 7 heteroatoms. The number of amides is 2. The Hall–Kier alpha value is -3.06. The summed E-state index contributed by atoms with van der Waals surface area (Å²) in [5.74, 6) is 0.195. The standard InChI is InChI=1S/C29H38N4O3/c1-32(2)26-15-9-6-12-22(26)28(34)31-24-14-8-5-11-21(24)29(35)33-17-16-20-25(18-36-3)30-23-13-7-4-10-19(23)27(20)33/h4,6-7,9-10,12-13,15,20-21,24-25,27,30H,5,8,11,14,16-18H2,1-3H3,(H,31,34)/t20-,21+,24-,25+,27+/m1/s1. The molecule has 2 aromatic rings. The molecular weight excluding hydrogens is 452 g/mol. The Bertz CT molecular complexity index is 1100. The van der Waals surface area contributed by atoms with Gasteiger partial charge in [-0.05, 0) is 43.0 Å². The quantitative estimate of drug-likeness (QED) is 0.639. The van der Waals surface area contributed by atoms with E-state index < -0.39 is 0 Å². The second-order valence-corrected chi connectivity index (χ2v) is 10.6. The van der Waals surface area contributed by atoms with E-state index in [0.29, 0.717) is 18.1 Å². The predicted molar refractivity (Wildman–Crippen MR) is 142 cm³/mol. The highest BCUT2D eigenvalue weighted by atomic mass is 16.5. The minimum atomic E-state index is -0.198. The number of hydrogen-bond donors (Lipinski definition) is 2. The van der Waals surface area contributed by atoms with E-state index in [9.17, 15) is 9.59 Å². The molecule has 192 valence electrons. The van der Waals surface area contributed by atoms with E-state index in [-0.39, 0.29) is 35.9 Å². The van der Waals surface area contributed by atoms with Crippen LogP contribution in [0.5, 0.6) is 0 Å². The summed E-state index contributed by atoms with van der Waals surface area (Å²) in [6.07, 6.45) is 4.64. The van der Waals surface area contributed by atoms with Gasteiger partial charge in [0.25, 0.3) is 5.91 Å². The van der Waals surface area contributed by atoms with Gasteiger partial charge in [0.2, 0.25) is 5.91 Å². The topological polar surface area (TPSA) is 73.9 Å². The predicted octanol–water partition coefficient (Wildman–Crippen LogP) is 4.07. The van der Waals surface area contributed by atoms with Crippen LogP contribution in [0.2, 0.25) is 0 Å². The van der Waals surface area contributed by atoms with Gasteiger partial charge in [-0.2, -0.15) is 0 Å². The number of rotatable bonds is 6. The van der Waals surface area contributed by atoms with E-state index in [4.69, 9.17) is 4.74 Å². The molecule has 2 amide bonds. The minimum Gasteiger partial charge on any atom is -0.383 e. The third-order valence-electron chi connectivity index (χ3n) is 8.24. The van der Waals surface area contributed by atoms with Crippen LogP contribution < -0.4 is 15.5 Å². The third-order valence-corrected chi connectivity index (χ3v) is 8.24. The number of ether oxygens (including phenoxy) is 1.